The lowest BCUT2D eigenvalue weighted by molar-refractivity contribution is -0.143. The van der Waals surface area contributed by atoms with Crippen LogP contribution >= 0.6 is 27.7 Å². The molecular weight excluding hydrogens is 354 g/mol. The minimum absolute atomic E-state index is 0.240. The number of halogens is 1. The van der Waals surface area contributed by atoms with Crippen molar-refractivity contribution < 1.29 is 14.3 Å². The Morgan fingerprint density at radius 3 is 2.71 bits per heavy atom. The van der Waals surface area contributed by atoms with Gasteiger partial charge in [-0.15, -0.1) is 11.8 Å². The van der Waals surface area contributed by atoms with Gasteiger partial charge in [-0.3, -0.25) is 4.79 Å². The van der Waals surface area contributed by atoms with Crippen LogP contribution in [0.4, 0.5) is 0 Å². The monoisotopic (exact) mass is 371 g/mol. The Morgan fingerprint density at radius 1 is 1.33 bits per heavy atom. The molecule has 0 aliphatic rings. The first-order valence-corrected chi connectivity index (χ1v) is 8.38. The minimum atomic E-state index is -0.490. The van der Waals surface area contributed by atoms with Crippen molar-refractivity contribution in [3.63, 3.8) is 0 Å². The van der Waals surface area contributed by atoms with Gasteiger partial charge in [0.2, 0.25) is 0 Å². The third-order valence-corrected chi connectivity index (χ3v) is 3.88. The summed E-state index contributed by atoms with van der Waals surface area (Å²) in [6.45, 7) is 2.21. The number of allylic oxidation sites excluding steroid dienone is 1. The topological polar surface area (TPSA) is 55.4 Å². The fourth-order valence-corrected chi connectivity index (χ4v) is 2.37. The van der Waals surface area contributed by atoms with E-state index in [1.54, 1.807) is 17.8 Å². The first-order chi connectivity index (χ1) is 10.1. The summed E-state index contributed by atoms with van der Waals surface area (Å²) in [5, 5.41) is 2.71. The van der Waals surface area contributed by atoms with Crippen molar-refractivity contribution in [3.8, 4) is 0 Å². The van der Waals surface area contributed by atoms with E-state index in [9.17, 15) is 9.59 Å². The summed E-state index contributed by atoms with van der Waals surface area (Å²) in [6, 6.07) is 7.98. The molecule has 0 bridgehead atoms. The van der Waals surface area contributed by atoms with Crippen molar-refractivity contribution in [2.75, 3.05) is 18.9 Å². The smallest absolute Gasteiger partial charge is 0.330 e. The van der Waals surface area contributed by atoms with Gasteiger partial charge in [-0.1, -0.05) is 28.9 Å². The second-order valence-corrected chi connectivity index (χ2v) is 6.15. The first-order valence-electron chi connectivity index (χ1n) is 6.60. The maximum absolute atomic E-state index is 11.4. The van der Waals surface area contributed by atoms with Crippen molar-refractivity contribution in [1.82, 2.24) is 5.32 Å². The lowest BCUT2D eigenvalue weighted by Crippen LogP contribution is -2.30. The molecule has 1 aromatic carbocycles. The molecule has 0 heterocycles. The molecule has 0 saturated carbocycles. The van der Waals surface area contributed by atoms with Gasteiger partial charge in [-0.2, -0.15) is 0 Å². The van der Waals surface area contributed by atoms with Crippen LogP contribution in [0.15, 0.2) is 45.8 Å². The summed E-state index contributed by atoms with van der Waals surface area (Å²) < 4.78 is 5.83. The van der Waals surface area contributed by atoms with Crippen LogP contribution in [-0.4, -0.2) is 30.8 Å². The van der Waals surface area contributed by atoms with Crippen LogP contribution in [-0.2, 0) is 14.3 Å². The number of carbonyl (C=O) groups excluding carboxylic acids is 2. The van der Waals surface area contributed by atoms with Gasteiger partial charge < -0.3 is 10.1 Å². The zero-order valence-corrected chi connectivity index (χ0v) is 14.2. The number of hydrogen-bond donors (Lipinski definition) is 1. The van der Waals surface area contributed by atoms with E-state index in [2.05, 4.69) is 21.2 Å². The van der Waals surface area contributed by atoms with E-state index >= 15 is 0 Å². The summed E-state index contributed by atoms with van der Waals surface area (Å²) in [5.74, 6) is -0.0160. The van der Waals surface area contributed by atoms with Crippen molar-refractivity contribution >= 4 is 39.6 Å². The van der Waals surface area contributed by atoms with Crippen molar-refractivity contribution in [2.45, 2.75) is 18.2 Å². The van der Waals surface area contributed by atoms with Crippen LogP contribution in [0.1, 0.15) is 13.3 Å². The molecule has 0 fully saturated rings. The average molecular weight is 372 g/mol. The van der Waals surface area contributed by atoms with Crippen molar-refractivity contribution in [2.24, 2.45) is 0 Å². The molecule has 1 N–H and O–H groups in total. The zero-order chi connectivity index (χ0) is 15.5. The summed E-state index contributed by atoms with van der Waals surface area (Å²) >= 11 is 5.03. The Kier molecular flexibility index (Phi) is 8.85. The van der Waals surface area contributed by atoms with E-state index in [1.165, 1.54) is 6.08 Å². The van der Waals surface area contributed by atoms with Crippen LogP contribution < -0.4 is 5.32 Å². The number of ether oxygens (including phenoxy) is 1. The third-order valence-electron chi connectivity index (χ3n) is 2.34. The van der Waals surface area contributed by atoms with Crippen LogP contribution in [0.2, 0.25) is 0 Å². The lowest BCUT2D eigenvalue weighted by Gasteiger charge is -2.05. The highest BCUT2D eigenvalue weighted by molar-refractivity contribution is 9.10. The van der Waals surface area contributed by atoms with Gasteiger partial charge in [0.05, 0.1) is 0 Å². The number of nitrogens with one attached hydrogen (secondary N) is 1. The molecule has 1 rings (SSSR count). The molecule has 21 heavy (non-hydrogen) atoms. The van der Waals surface area contributed by atoms with Crippen LogP contribution in [0.3, 0.4) is 0 Å². The number of benzene rings is 1. The number of thioether (sulfide) groups is 1. The molecule has 0 atom stereocenters. The molecule has 1 amide bonds. The van der Waals surface area contributed by atoms with E-state index in [1.807, 2.05) is 31.2 Å². The van der Waals surface area contributed by atoms with E-state index in [0.717, 1.165) is 21.5 Å². The number of amides is 1. The first kappa shape index (κ1) is 17.8. The molecule has 0 saturated heterocycles. The Labute approximate surface area is 137 Å². The normalized spacial score (nSPS) is 10.6. The van der Waals surface area contributed by atoms with Crippen LogP contribution in [0.25, 0.3) is 0 Å². The molecule has 0 aromatic heterocycles. The number of esters is 1. The van der Waals surface area contributed by atoms with Crippen LogP contribution in [0.5, 0.6) is 0 Å². The van der Waals surface area contributed by atoms with Crippen LogP contribution in [0, 0.1) is 0 Å². The molecule has 1 aromatic rings. The number of rotatable bonds is 8. The summed E-state index contributed by atoms with van der Waals surface area (Å²) in [5.41, 5.74) is 0. The second-order valence-electron chi connectivity index (χ2n) is 4.07. The lowest BCUT2D eigenvalue weighted by atomic mass is 10.4. The third kappa shape index (κ3) is 8.57. The maximum atomic E-state index is 11.4. The van der Waals surface area contributed by atoms with Gasteiger partial charge in [-0.05, 0) is 30.7 Å². The van der Waals surface area contributed by atoms with Gasteiger partial charge in [-0.25, -0.2) is 4.79 Å². The van der Waals surface area contributed by atoms with Gasteiger partial charge in [0.15, 0.2) is 6.61 Å². The quantitative estimate of drug-likeness (QED) is 0.330. The number of carbonyl (C=O) groups is 2. The second kappa shape index (κ2) is 10.5. The van der Waals surface area contributed by atoms with E-state index in [4.69, 9.17) is 4.74 Å². The Morgan fingerprint density at radius 2 is 2.05 bits per heavy atom. The summed E-state index contributed by atoms with van der Waals surface area (Å²) in [7, 11) is 0. The molecule has 0 unspecified atom stereocenters. The summed E-state index contributed by atoms with van der Waals surface area (Å²) in [6.07, 6.45) is 3.78. The number of hydrogen-bond acceptors (Lipinski definition) is 4. The fourth-order valence-electron chi connectivity index (χ4n) is 1.34. The molecule has 0 spiro atoms. The Bertz CT molecular complexity index is 488. The van der Waals surface area contributed by atoms with Gasteiger partial charge in [0.25, 0.3) is 5.91 Å². The summed E-state index contributed by atoms with van der Waals surface area (Å²) in [4.78, 5) is 23.7. The predicted molar refractivity (Wildman–Crippen MR) is 88.3 cm³/mol. The molecular formula is C15H18BrNO3S. The van der Waals surface area contributed by atoms with E-state index in [0.29, 0.717) is 6.54 Å². The molecule has 0 radical (unpaired) electrons. The van der Waals surface area contributed by atoms with Gasteiger partial charge >= 0.3 is 5.97 Å². The molecule has 6 heteroatoms. The highest BCUT2D eigenvalue weighted by atomic mass is 79.9. The average Bonchev–Trinajstić information content (AvgIpc) is 2.49. The molecule has 4 nitrogen and oxygen atoms in total. The largest absolute Gasteiger partial charge is 0.452 e. The van der Waals surface area contributed by atoms with Crippen molar-refractivity contribution in [1.29, 1.82) is 0 Å². The molecule has 114 valence electrons. The van der Waals surface area contributed by atoms with Gasteiger partial charge in [0, 0.05) is 27.7 Å². The Hall–Kier alpha value is -1.27. The molecule has 0 aliphatic carbocycles. The van der Waals surface area contributed by atoms with Gasteiger partial charge in [0.1, 0.15) is 0 Å². The molecule has 0 aliphatic heterocycles. The highest BCUT2D eigenvalue weighted by Gasteiger charge is 2.04. The predicted octanol–water partition coefficient (Wildman–Crippen LogP) is 3.17. The Balaban J connectivity index is 2.12. The standard InChI is InChI=1S/C15H18BrNO3S/c1-2-3-4-15(19)20-11-14(18)17-9-10-21-13-7-5-12(16)6-8-13/h3-8H,2,9-11H2,1H3,(H,17,18)/b4-3+. The maximum Gasteiger partial charge on any atom is 0.330 e. The van der Waals surface area contributed by atoms with E-state index in [-0.39, 0.29) is 12.5 Å². The fraction of sp³-hybridized carbons (Fsp3) is 0.333. The highest BCUT2D eigenvalue weighted by Crippen LogP contribution is 2.19. The SMILES string of the molecule is CC/C=C/C(=O)OCC(=O)NCCSc1ccc(Br)cc1. The van der Waals surface area contributed by atoms with Crippen molar-refractivity contribution in [3.05, 3.63) is 40.9 Å². The van der Waals surface area contributed by atoms with E-state index < -0.39 is 5.97 Å². The minimum Gasteiger partial charge on any atom is -0.452 e. The zero-order valence-electron chi connectivity index (χ0n) is 11.8.